The van der Waals surface area contributed by atoms with Crippen molar-refractivity contribution in [1.82, 2.24) is 5.32 Å². The third-order valence-electron chi connectivity index (χ3n) is 3.11. The maximum atomic E-state index is 11.4. The van der Waals surface area contributed by atoms with Gasteiger partial charge in [0.25, 0.3) is 0 Å². The monoisotopic (exact) mass is 266 g/mol. The van der Waals surface area contributed by atoms with Gasteiger partial charge in [0.05, 0.1) is 7.11 Å². The van der Waals surface area contributed by atoms with E-state index in [1.54, 1.807) is 14.0 Å². The van der Waals surface area contributed by atoms with E-state index in [1.165, 1.54) is 0 Å². The molecule has 5 heteroatoms. The van der Waals surface area contributed by atoms with Crippen molar-refractivity contribution in [2.24, 2.45) is 0 Å². The van der Waals surface area contributed by atoms with Crippen LogP contribution in [0.25, 0.3) is 0 Å². The summed E-state index contributed by atoms with van der Waals surface area (Å²) in [5, 5.41) is 12.3. The number of carboxylic acid groups (broad SMARTS) is 1. The van der Waals surface area contributed by atoms with Crippen LogP contribution in [-0.2, 0) is 4.79 Å². The van der Waals surface area contributed by atoms with Gasteiger partial charge in [0.2, 0.25) is 0 Å². The minimum atomic E-state index is -0.969. The van der Waals surface area contributed by atoms with E-state index in [2.05, 4.69) is 5.32 Å². The van der Waals surface area contributed by atoms with Crippen LogP contribution in [0, 0.1) is 0 Å². The molecule has 5 nitrogen and oxygen atoms in total. The second-order valence-electron chi connectivity index (χ2n) is 4.72. The van der Waals surface area contributed by atoms with Gasteiger partial charge >= 0.3 is 5.97 Å². The van der Waals surface area contributed by atoms with Crippen LogP contribution < -0.4 is 15.0 Å². The first-order chi connectivity index (χ1) is 8.92. The molecule has 2 N–H and O–H groups in total. The SMILES string of the molecule is CCNC(C)(CN(C)c1ccc(OC)cc1)C(=O)O. The molecule has 0 saturated heterocycles. The van der Waals surface area contributed by atoms with Crippen molar-refractivity contribution >= 4 is 11.7 Å². The zero-order valence-corrected chi connectivity index (χ0v) is 11.9. The topological polar surface area (TPSA) is 61.8 Å². The zero-order valence-electron chi connectivity index (χ0n) is 11.9. The molecular formula is C14H22N2O3. The fraction of sp³-hybridized carbons (Fsp3) is 0.500. The number of anilines is 1. The van der Waals surface area contributed by atoms with Crippen molar-refractivity contribution in [1.29, 1.82) is 0 Å². The summed E-state index contributed by atoms with van der Waals surface area (Å²) in [5.41, 5.74) is -0.0187. The molecule has 1 aromatic carbocycles. The van der Waals surface area contributed by atoms with E-state index in [0.29, 0.717) is 13.1 Å². The maximum absolute atomic E-state index is 11.4. The molecule has 1 atom stereocenters. The molecule has 1 rings (SSSR count). The minimum absolute atomic E-state index is 0.377. The highest BCUT2D eigenvalue weighted by atomic mass is 16.5. The Hall–Kier alpha value is -1.75. The number of hydrogen-bond acceptors (Lipinski definition) is 4. The number of nitrogens with one attached hydrogen (secondary N) is 1. The van der Waals surface area contributed by atoms with E-state index < -0.39 is 11.5 Å². The van der Waals surface area contributed by atoms with Crippen molar-refractivity contribution < 1.29 is 14.6 Å². The molecule has 19 heavy (non-hydrogen) atoms. The van der Waals surface area contributed by atoms with Crippen LogP contribution in [0.1, 0.15) is 13.8 Å². The summed E-state index contributed by atoms with van der Waals surface area (Å²) in [6.45, 7) is 4.58. The first-order valence-electron chi connectivity index (χ1n) is 6.26. The van der Waals surface area contributed by atoms with Crippen LogP contribution in [0.4, 0.5) is 5.69 Å². The summed E-state index contributed by atoms with van der Waals surface area (Å²) in [7, 11) is 3.49. The van der Waals surface area contributed by atoms with Crippen LogP contribution in [0.3, 0.4) is 0 Å². The Bertz CT molecular complexity index is 419. The van der Waals surface area contributed by atoms with Gasteiger partial charge in [-0.05, 0) is 37.7 Å². The number of benzene rings is 1. The average Bonchev–Trinajstić information content (AvgIpc) is 2.38. The van der Waals surface area contributed by atoms with Gasteiger partial charge in [-0.2, -0.15) is 0 Å². The van der Waals surface area contributed by atoms with E-state index in [-0.39, 0.29) is 0 Å². The van der Waals surface area contributed by atoms with Gasteiger partial charge in [-0.25, -0.2) is 0 Å². The number of nitrogens with zero attached hydrogens (tertiary/aromatic N) is 1. The Morgan fingerprint density at radius 3 is 2.42 bits per heavy atom. The Labute approximate surface area is 114 Å². The van der Waals surface area contributed by atoms with E-state index in [9.17, 15) is 9.90 Å². The largest absolute Gasteiger partial charge is 0.497 e. The normalized spacial score (nSPS) is 13.7. The fourth-order valence-electron chi connectivity index (χ4n) is 1.99. The summed E-state index contributed by atoms with van der Waals surface area (Å²) >= 11 is 0. The number of aliphatic carboxylic acids is 1. The van der Waals surface area contributed by atoms with Crippen molar-refractivity contribution in [2.75, 3.05) is 32.1 Å². The Kier molecular flexibility index (Phi) is 5.18. The lowest BCUT2D eigenvalue weighted by Crippen LogP contribution is -2.56. The van der Waals surface area contributed by atoms with E-state index in [1.807, 2.05) is 43.1 Å². The van der Waals surface area contributed by atoms with E-state index in [4.69, 9.17) is 4.74 Å². The lowest BCUT2D eigenvalue weighted by molar-refractivity contribution is -0.143. The second-order valence-corrected chi connectivity index (χ2v) is 4.72. The predicted octanol–water partition coefficient (Wildman–Crippen LogP) is 1.58. The first kappa shape index (κ1) is 15.3. The van der Waals surface area contributed by atoms with Gasteiger partial charge < -0.3 is 20.1 Å². The number of hydrogen-bond donors (Lipinski definition) is 2. The average molecular weight is 266 g/mol. The molecule has 0 aliphatic rings. The lowest BCUT2D eigenvalue weighted by atomic mass is 10.0. The minimum Gasteiger partial charge on any atom is -0.497 e. The molecule has 0 aliphatic carbocycles. The summed E-state index contributed by atoms with van der Waals surface area (Å²) in [5.74, 6) is -0.0699. The standard InChI is InChI=1S/C14H22N2O3/c1-5-15-14(2,13(17)18)10-16(3)11-6-8-12(19-4)9-7-11/h6-9,15H,5,10H2,1-4H3,(H,17,18). The molecule has 0 saturated carbocycles. The highest BCUT2D eigenvalue weighted by Gasteiger charge is 2.33. The van der Waals surface area contributed by atoms with E-state index >= 15 is 0 Å². The molecule has 0 radical (unpaired) electrons. The van der Waals surface area contributed by atoms with Crippen molar-refractivity contribution in [3.8, 4) is 5.75 Å². The van der Waals surface area contributed by atoms with Crippen LogP contribution in [0.5, 0.6) is 5.75 Å². The summed E-state index contributed by atoms with van der Waals surface area (Å²) < 4.78 is 5.10. The van der Waals surface area contributed by atoms with Crippen LogP contribution in [-0.4, -0.2) is 43.9 Å². The Balaban J connectivity index is 2.81. The van der Waals surface area contributed by atoms with Crippen molar-refractivity contribution in [3.05, 3.63) is 24.3 Å². The number of carboxylic acids is 1. The molecular weight excluding hydrogens is 244 g/mol. The number of likely N-dealkylation sites (N-methyl/N-ethyl adjacent to an activating group) is 2. The van der Waals surface area contributed by atoms with Crippen LogP contribution in [0.2, 0.25) is 0 Å². The molecule has 0 fully saturated rings. The highest BCUT2D eigenvalue weighted by Crippen LogP contribution is 2.20. The zero-order chi connectivity index (χ0) is 14.5. The van der Waals surface area contributed by atoms with Gasteiger partial charge in [0.15, 0.2) is 0 Å². The van der Waals surface area contributed by atoms with Crippen molar-refractivity contribution in [2.45, 2.75) is 19.4 Å². The maximum Gasteiger partial charge on any atom is 0.325 e. The molecule has 0 aliphatic heterocycles. The second kappa shape index (κ2) is 6.43. The number of rotatable bonds is 7. The van der Waals surface area contributed by atoms with Crippen molar-refractivity contribution in [3.63, 3.8) is 0 Å². The van der Waals surface area contributed by atoms with Gasteiger partial charge in [0, 0.05) is 19.3 Å². The molecule has 0 spiro atoms. The molecule has 106 valence electrons. The van der Waals surface area contributed by atoms with Gasteiger partial charge in [-0.3, -0.25) is 4.79 Å². The summed E-state index contributed by atoms with van der Waals surface area (Å²) in [6, 6.07) is 7.54. The summed E-state index contributed by atoms with van der Waals surface area (Å²) in [4.78, 5) is 13.3. The first-order valence-corrected chi connectivity index (χ1v) is 6.26. The molecule has 0 aromatic heterocycles. The number of carbonyl (C=O) groups is 1. The summed E-state index contributed by atoms with van der Waals surface area (Å²) in [6.07, 6.45) is 0. The smallest absolute Gasteiger partial charge is 0.325 e. The quantitative estimate of drug-likeness (QED) is 0.784. The molecule has 0 bridgehead atoms. The molecule has 0 amide bonds. The lowest BCUT2D eigenvalue weighted by Gasteiger charge is -2.32. The van der Waals surface area contributed by atoms with Gasteiger partial charge in [0.1, 0.15) is 11.3 Å². The molecule has 0 heterocycles. The molecule has 1 unspecified atom stereocenters. The highest BCUT2D eigenvalue weighted by molar-refractivity contribution is 5.79. The fourth-order valence-corrected chi connectivity index (χ4v) is 1.99. The van der Waals surface area contributed by atoms with Crippen LogP contribution in [0.15, 0.2) is 24.3 Å². The Morgan fingerprint density at radius 1 is 1.42 bits per heavy atom. The number of methoxy groups -OCH3 is 1. The third-order valence-corrected chi connectivity index (χ3v) is 3.11. The van der Waals surface area contributed by atoms with Gasteiger partial charge in [-0.15, -0.1) is 0 Å². The predicted molar refractivity (Wildman–Crippen MR) is 76.0 cm³/mol. The number of ether oxygens (including phenoxy) is 1. The van der Waals surface area contributed by atoms with Crippen LogP contribution >= 0.6 is 0 Å². The van der Waals surface area contributed by atoms with E-state index in [0.717, 1.165) is 11.4 Å². The van der Waals surface area contributed by atoms with Gasteiger partial charge in [-0.1, -0.05) is 6.92 Å². The third kappa shape index (κ3) is 3.86. The molecule has 1 aromatic rings. The Morgan fingerprint density at radius 2 is 2.00 bits per heavy atom.